The lowest BCUT2D eigenvalue weighted by atomic mass is 10.1. The van der Waals surface area contributed by atoms with Crippen molar-refractivity contribution in [3.05, 3.63) is 53.6 Å². The van der Waals surface area contributed by atoms with Gasteiger partial charge in [0.15, 0.2) is 0 Å². The second-order valence-corrected chi connectivity index (χ2v) is 7.69. The fraction of sp³-hybridized carbons (Fsp3) is 0.316. The van der Waals surface area contributed by atoms with Gasteiger partial charge in [-0.2, -0.15) is 0 Å². The molecule has 0 aliphatic rings. The summed E-state index contributed by atoms with van der Waals surface area (Å²) in [5.41, 5.74) is 2.74. The molecule has 2 rings (SSSR count). The van der Waals surface area contributed by atoms with Gasteiger partial charge in [0.2, 0.25) is 15.9 Å². The molecule has 26 heavy (non-hydrogen) atoms. The van der Waals surface area contributed by atoms with E-state index >= 15 is 0 Å². The fourth-order valence-electron chi connectivity index (χ4n) is 2.35. The molecular weight excluding hydrogens is 352 g/mol. The molecule has 0 saturated heterocycles. The molecule has 0 radical (unpaired) electrons. The van der Waals surface area contributed by atoms with Crippen molar-refractivity contribution in [2.75, 3.05) is 18.5 Å². The number of ether oxygens (including phenoxy) is 1. The molecule has 2 aromatic rings. The highest BCUT2D eigenvalue weighted by molar-refractivity contribution is 7.89. The van der Waals surface area contributed by atoms with Crippen molar-refractivity contribution in [1.82, 2.24) is 4.72 Å². The molecule has 0 aliphatic carbocycles. The lowest BCUT2D eigenvalue weighted by Gasteiger charge is -2.10. The Kier molecular flexibility index (Phi) is 6.76. The molecule has 6 nitrogen and oxygen atoms in total. The first-order chi connectivity index (χ1) is 12.3. The van der Waals surface area contributed by atoms with Gasteiger partial charge in [0.05, 0.1) is 11.5 Å². The van der Waals surface area contributed by atoms with E-state index in [0.717, 1.165) is 16.8 Å². The summed E-state index contributed by atoms with van der Waals surface area (Å²) in [6, 6.07) is 11.9. The van der Waals surface area contributed by atoms with E-state index in [1.54, 1.807) is 12.1 Å². The van der Waals surface area contributed by atoms with Gasteiger partial charge < -0.3 is 10.1 Å². The zero-order valence-corrected chi connectivity index (χ0v) is 16.0. The Morgan fingerprint density at radius 2 is 1.77 bits per heavy atom. The molecule has 0 atom stereocenters. The monoisotopic (exact) mass is 376 g/mol. The van der Waals surface area contributed by atoms with Crippen LogP contribution in [0.5, 0.6) is 5.75 Å². The summed E-state index contributed by atoms with van der Waals surface area (Å²) < 4.78 is 32.2. The van der Waals surface area contributed by atoms with Crippen LogP contribution in [0.4, 0.5) is 5.69 Å². The molecule has 2 N–H and O–H groups in total. The van der Waals surface area contributed by atoms with Gasteiger partial charge in [0.25, 0.3) is 0 Å². The van der Waals surface area contributed by atoms with Gasteiger partial charge in [-0.3, -0.25) is 4.79 Å². The Labute approximate surface area is 154 Å². The number of sulfonamides is 1. The third-order valence-electron chi connectivity index (χ3n) is 3.76. The number of rotatable bonds is 8. The first-order valence-electron chi connectivity index (χ1n) is 8.41. The lowest BCUT2D eigenvalue weighted by molar-refractivity contribution is -0.116. The Morgan fingerprint density at radius 1 is 1.08 bits per heavy atom. The van der Waals surface area contributed by atoms with E-state index < -0.39 is 10.0 Å². The van der Waals surface area contributed by atoms with Crippen molar-refractivity contribution in [2.24, 2.45) is 0 Å². The van der Waals surface area contributed by atoms with Crippen molar-refractivity contribution in [2.45, 2.75) is 32.1 Å². The average Bonchev–Trinajstić information content (AvgIpc) is 2.59. The lowest BCUT2D eigenvalue weighted by Crippen LogP contribution is -2.28. The number of amides is 1. The molecule has 2 aromatic carbocycles. The zero-order chi connectivity index (χ0) is 19.2. The Hall–Kier alpha value is -2.38. The van der Waals surface area contributed by atoms with Crippen molar-refractivity contribution in [1.29, 1.82) is 0 Å². The zero-order valence-electron chi connectivity index (χ0n) is 15.2. The van der Waals surface area contributed by atoms with Gasteiger partial charge in [-0.05, 0) is 62.2 Å². The summed E-state index contributed by atoms with van der Waals surface area (Å²) in [5, 5.41) is 2.81. The normalized spacial score (nSPS) is 11.2. The van der Waals surface area contributed by atoms with Crippen LogP contribution < -0.4 is 14.8 Å². The van der Waals surface area contributed by atoms with E-state index in [9.17, 15) is 13.2 Å². The second-order valence-electron chi connectivity index (χ2n) is 5.92. The number of carbonyl (C=O) groups is 1. The standard InChI is InChI=1S/C19H24N2O4S/c1-4-25-16-7-9-17(10-8-16)26(23,24)20-12-11-19(22)21-18-13-14(2)5-6-15(18)3/h5-10,13,20H,4,11-12H2,1-3H3,(H,21,22). The summed E-state index contributed by atoms with van der Waals surface area (Å²) >= 11 is 0. The topological polar surface area (TPSA) is 84.5 Å². The molecular formula is C19H24N2O4S. The maximum absolute atomic E-state index is 12.3. The summed E-state index contributed by atoms with van der Waals surface area (Å²) in [7, 11) is -3.66. The van der Waals surface area contributed by atoms with Crippen LogP contribution in [0.1, 0.15) is 24.5 Å². The third kappa shape index (κ3) is 5.57. The average molecular weight is 376 g/mol. The molecule has 1 amide bonds. The first-order valence-corrected chi connectivity index (χ1v) is 9.90. The van der Waals surface area contributed by atoms with Crippen LogP contribution in [-0.4, -0.2) is 27.5 Å². The fourth-order valence-corrected chi connectivity index (χ4v) is 3.38. The predicted octanol–water partition coefficient (Wildman–Crippen LogP) is 3.01. The number of carbonyl (C=O) groups excluding carboxylic acids is 1. The van der Waals surface area contributed by atoms with E-state index in [4.69, 9.17) is 4.74 Å². The van der Waals surface area contributed by atoms with Crippen molar-refractivity contribution < 1.29 is 17.9 Å². The van der Waals surface area contributed by atoms with Crippen LogP contribution in [0.25, 0.3) is 0 Å². The second kappa shape index (κ2) is 8.82. The van der Waals surface area contributed by atoms with E-state index in [1.807, 2.05) is 39.0 Å². The first kappa shape index (κ1) is 19.9. The SMILES string of the molecule is CCOc1ccc(S(=O)(=O)NCCC(=O)Nc2cc(C)ccc2C)cc1. The van der Waals surface area contributed by atoms with Gasteiger partial charge in [-0.1, -0.05) is 12.1 Å². The molecule has 0 heterocycles. The Bertz CT molecular complexity index is 862. The molecule has 0 saturated carbocycles. The van der Waals surface area contributed by atoms with E-state index in [2.05, 4.69) is 10.0 Å². The maximum Gasteiger partial charge on any atom is 0.240 e. The van der Waals surface area contributed by atoms with Gasteiger partial charge >= 0.3 is 0 Å². The smallest absolute Gasteiger partial charge is 0.240 e. The summed E-state index contributed by atoms with van der Waals surface area (Å²) in [4.78, 5) is 12.2. The number of benzene rings is 2. The highest BCUT2D eigenvalue weighted by atomic mass is 32.2. The third-order valence-corrected chi connectivity index (χ3v) is 5.23. The van der Waals surface area contributed by atoms with Crippen molar-refractivity contribution >= 4 is 21.6 Å². The van der Waals surface area contributed by atoms with Crippen LogP contribution in [0, 0.1) is 13.8 Å². The maximum atomic E-state index is 12.3. The molecule has 0 unspecified atom stereocenters. The molecule has 0 spiro atoms. The van der Waals surface area contributed by atoms with Gasteiger partial charge in [-0.15, -0.1) is 0 Å². The van der Waals surface area contributed by atoms with Crippen LogP contribution in [0.15, 0.2) is 47.4 Å². The Morgan fingerprint density at radius 3 is 2.42 bits per heavy atom. The largest absolute Gasteiger partial charge is 0.494 e. The predicted molar refractivity (Wildman–Crippen MR) is 102 cm³/mol. The number of nitrogens with one attached hydrogen (secondary N) is 2. The van der Waals surface area contributed by atoms with E-state index in [-0.39, 0.29) is 23.8 Å². The van der Waals surface area contributed by atoms with Crippen LogP contribution in [0.3, 0.4) is 0 Å². The molecule has 0 bridgehead atoms. The van der Waals surface area contributed by atoms with Crippen LogP contribution >= 0.6 is 0 Å². The number of hydrogen-bond donors (Lipinski definition) is 2. The highest BCUT2D eigenvalue weighted by Gasteiger charge is 2.14. The molecule has 0 aromatic heterocycles. The molecule has 0 aliphatic heterocycles. The minimum atomic E-state index is -3.66. The molecule has 140 valence electrons. The highest BCUT2D eigenvalue weighted by Crippen LogP contribution is 2.17. The number of hydrogen-bond acceptors (Lipinski definition) is 4. The quantitative estimate of drug-likeness (QED) is 0.742. The van der Waals surface area contributed by atoms with E-state index in [1.165, 1.54) is 12.1 Å². The molecule has 0 fully saturated rings. The van der Waals surface area contributed by atoms with Crippen LogP contribution in [0.2, 0.25) is 0 Å². The van der Waals surface area contributed by atoms with E-state index in [0.29, 0.717) is 12.4 Å². The number of anilines is 1. The molecule has 7 heteroatoms. The minimum Gasteiger partial charge on any atom is -0.494 e. The Balaban J connectivity index is 1.89. The summed E-state index contributed by atoms with van der Waals surface area (Å²) in [6.07, 6.45) is 0.0453. The van der Waals surface area contributed by atoms with Crippen LogP contribution in [-0.2, 0) is 14.8 Å². The van der Waals surface area contributed by atoms with Gasteiger partial charge in [0.1, 0.15) is 5.75 Å². The van der Waals surface area contributed by atoms with Gasteiger partial charge in [0, 0.05) is 18.7 Å². The van der Waals surface area contributed by atoms with Crippen molar-refractivity contribution in [3.8, 4) is 5.75 Å². The minimum absolute atomic E-state index is 0.0201. The van der Waals surface area contributed by atoms with Gasteiger partial charge in [-0.25, -0.2) is 13.1 Å². The van der Waals surface area contributed by atoms with Crippen molar-refractivity contribution in [3.63, 3.8) is 0 Å². The summed E-state index contributed by atoms with van der Waals surface area (Å²) in [5.74, 6) is 0.368. The summed E-state index contributed by atoms with van der Waals surface area (Å²) in [6.45, 7) is 6.24. The number of aryl methyl sites for hydroxylation is 2.